The van der Waals surface area contributed by atoms with Gasteiger partial charge in [0, 0.05) is 44.1 Å². The Bertz CT molecular complexity index is 1160. The van der Waals surface area contributed by atoms with Crippen molar-refractivity contribution in [3.05, 3.63) is 63.1 Å². The van der Waals surface area contributed by atoms with Crippen molar-refractivity contribution in [2.45, 2.75) is 57.4 Å². The van der Waals surface area contributed by atoms with Crippen LogP contribution in [0.3, 0.4) is 0 Å². The van der Waals surface area contributed by atoms with E-state index in [0.717, 1.165) is 25.6 Å². The second kappa shape index (κ2) is 10.6. The summed E-state index contributed by atoms with van der Waals surface area (Å²) in [5, 5.41) is 6.21. The number of benzene rings is 1. The fourth-order valence-corrected chi connectivity index (χ4v) is 5.15. The largest absolute Gasteiger partial charge is 0.416 e. The molecule has 1 aromatic heterocycles. The summed E-state index contributed by atoms with van der Waals surface area (Å²) in [5.41, 5.74) is 0.289. The van der Waals surface area contributed by atoms with Gasteiger partial charge in [0.1, 0.15) is 0 Å². The number of anilines is 1. The van der Waals surface area contributed by atoms with Crippen molar-refractivity contribution in [3.8, 4) is 0 Å². The van der Waals surface area contributed by atoms with Crippen LogP contribution in [0, 0.1) is 6.92 Å². The average Bonchev–Trinajstić information content (AvgIpc) is 3.23. The van der Waals surface area contributed by atoms with Gasteiger partial charge in [0.25, 0.3) is 11.5 Å². The van der Waals surface area contributed by atoms with Crippen molar-refractivity contribution < 1.29 is 22.7 Å². The lowest BCUT2D eigenvalue weighted by molar-refractivity contribution is -0.138. The molecule has 2 atom stereocenters. The van der Waals surface area contributed by atoms with E-state index in [9.17, 15) is 22.8 Å². The van der Waals surface area contributed by atoms with Crippen molar-refractivity contribution in [1.29, 1.82) is 0 Å². The molecule has 7 nitrogen and oxygen atoms in total. The number of aromatic nitrogens is 1. The third-order valence-electron chi connectivity index (χ3n) is 7.16. The lowest BCUT2D eigenvalue weighted by Gasteiger charge is -2.26. The molecule has 2 aliphatic heterocycles. The maximum atomic E-state index is 13.5. The number of carbonyl (C=O) groups is 1. The summed E-state index contributed by atoms with van der Waals surface area (Å²) in [6.07, 6.45) is -0.683. The number of likely N-dealkylation sites (tertiary alicyclic amines) is 1. The number of ether oxygens (including phenoxy) is 1. The first-order valence-corrected chi connectivity index (χ1v) is 12.3. The van der Waals surface area contributed by atoms with E-state index in [4.69, 9.17) is 4.74 Å². The standard InChI is InChI=1S/C26H33F3N4O3/c1-16-20(5-4-6-22(16)26(27,28)29)17(2)30-25(35)21-15-33(19-8-11-36-12-9-19)24(34)13-23(21)31-18-7-10-32(3)14-18/h4-6,13,15,17-19,31H,7-12,14H2,1-3H3,(H,30,35)/t17?,18-/m0/s1. The fraction of sp³-hybridized carbons (Fsp3) is 0.538. The quantitative estimate of drug-likeness (QED) is 0.616. The number of alkyl halides is 3. The molecule has 0 spiro atoms. The molecule has 2 saturated heterocycles. The highest BCUT2D eigenvalue weighted by Crippen LogP contribution is 2.34. The lowest BCUT2D eigenvalue weighted by atomic mass is 9.97. The van der Waals surface area contributed by atoms with E-state index in [1.165, 1.54) is 19.1 Å². The Balaban J connectivity index is 1.65. The molecule has 1 amide bonds. The molecule has 1 unspecified atom stereocenters. The van der Waals surface area contributed by atoms with Gasteiger partial charge in [0.05, 0.1) is 22.9 Å². The third-order valence-corrected chi connectivity index (χ3v) is 7.16. The second-order valence-corrected chi connectivity index (χ2v) is 9.79. The molecule has 196 valence electrons. The average molecular weight is 507 g/mol. The summed E-state index contributed by atoms with van der Waals surface area (Å²) >= 11 is 0. The van der Waals surface area contributed by atoms with Gasteiger partial charge >= 0.3 is 6.18 Å². The summed E-state index contributed by atoms with van der Waals surface area (Å²) in [5.74, 6) is -0.450. The van der Waals surface area contributed by atoms with E-state index in [0.29, 0.717) is 42.9 Å². The zero-order valence-corrected chi connectivity index (χ0v) is 20.8. The highest BCUT2D eigenvalue weighted by Gasteiger charge is 2.33. The normalized spacial score (nSPS) is 20.3. The predicted molar refractivity (Wildman–Crippen MR) is 131 cm³/mol. The van der Waals surface area contributed by atoms with Gasteiger partial charge in [-0.25, -0.2) is 0 Å². The molecule has 4 rings (SSSR count). The molecule has 0 bridgehead atoms. The number of pyridine rings is 1. The summed E-state index contributed by atoms with van der Waals surface area (Å²) in [4.78, 5) is 28.7. The number of hydrogen-bond acceptors (Lipinski definition) is 5. The second-order valence-electron chi connectivity index (χ2n) is 9.79. The minimum atomic E-state index is -4.48. The molecule has 3 heterocycles. The number of nitrogens with one attached hydrogen (secondary N) is 2. The van der Waals surface area contributed by atoms with Crippen LogP contribution in [0.4, 0.5) is 18.9 Å². The Morgan fingerprint density at radius 2 is 1.92 bits per heavy atom. The van der Waals surface area contributed by atoms with E-state index in [1.807, 2.05) is 7.05 Å². The van der Waals surface area contributed by atoms with E-state index < -0.39 is 23.7 Å². The highest BCUT2D eigenvalue weighted by atomic mass is 19.4. The van der Waals surface area contributed by atoms with Gasteiger partial charge in [-0.1, -0.05) is 12.1 Å². The molecule has 1 aromatic carbocycles. The SMILES string of the molecule is Cc1c(C(C)NC(=O)c2cn(C3CCOCC3)c(=O)cc2N[C@H]2CCN(C)C2)cccc1C(F)(F)F. The molecule has 0 saturated carbocycles. The van der Waals surface area contributed by atoms with Gasteiger partial charge in [-0.15, -0.1) is 0 Å². The van der Waals surface area contributed by atoms with Crippen molar-refractivity contribution in [1.82, 2.24) is 14.8 Å². The number of amides is 1. The minimum absolute atomic E-state index is 0.0763. The summed E-state index contributed by atoms with van der Waals surface area (Å²) in [6.45, 7) is 5.84. The maximum absolute atomic E-state index is 13.5. The van der Waals surface area contributed by atoms with Gasteiger partial charge in [0.15, 0.2) is 0 Å². The Kier molecular flexibility index (Phi) is 7.75. The molecule has 10 heteroatoms. The van der Waals surface area contributed by atoms with Crippen LogP contribution in [0.1, 0.15) is 65.3 Å². The van der Waals surface area contributed by atoms with Gasteiger partial charge in [-0.3, -0.25) is 9.59 Å². The number of carbonyl (C=O) groups excluding carboxylic acids is 1. The number of hydrogen-bond donors (Lipinski definition) is 2. The van der Waals surface area contributed by atoms with E-state index in [1.54, 1.807) is 23.8 Å². The van der Waals surface area contributed by atoms with Crippen LogP contribution in [0.2, 0.25) is 0 Å². The smallest absolute Gasteiger partial charge is 0.381 e. The van der Waals surface area contributed by atoms with Crippen molar-refractivity contribution in [2.75, 3.05) is 38.7 Å². The van der Waals surface area contributed by atoms with Crippen LogP contribution < -0.4 is 16.2 Å². The van der Waals surface area contributed by atoms with Crippen LogP contribution in [-0.2, 0) is 10.9 Å². The van der Waals surface area contributed by atoms with E-state index in [2.05, 4.69) is 15.5 Å². The third kappa shape index (κ3) is 5.75. The van der Waals surface area contributed by atoms with Crippen LogP contribution >= 0.6 is 0 Å². The first-order chi connectivity index (χ1) is 17.0. The van der Waals surface area contributed by atoms with Gasteiger partial charge in [-0.2, -0.15) is 13.2 Å². The highest BCUT2D eigenvalue weighted by molar-refractivity contribution is 5.99. The van der Waals surface area contributed by atoms with Crippen LogP contribution in [0.15, 0.2) is 35.3 Å². The molecular weight excluding hydrogens is 473 g/mol. The Labute approximate surface area is 208 Å². The Morgan fingerprint density at radius 1 is 1.19 bits per heavy atom. The van der Waals surface area contributed by atoms with E-state index >= 15 is 0 Å². The fourth-order valence-electron chi connectivity index (χ4n) is 5.15. The zero-order valence-electron chi connectivity index (χ0n) is 20.8. The van der Waals surface area contributed by atoms with Gasteiger partial charge in [0.2, 0.25) is 0 Å². The van der Waals surface area contributed by atoms with Crippen LogP contribution in [0.5, 0.6) is 0 Å². The molecular formula is C26H33F3N4O3. The Hall–Kier alpha value is -2.85. The molecule has 2 aromatic rings. The maximum Gasteiger partial charge on any atom is 0.416 e. The van der Waals surface area contributed by atoms with Crippen molar-refractivity contribution >= 4 is 11.6 Å². The molecule has 2 fully saturated rings. The predicted octanol–water partition coefficient (Wildman–Crippen LogP) is 4.13. The molecule has 2 aliphatic rings. The molecule has 0 radical (unpaired) electrons. The number of nitrogens with zero attached hydrogens (tertiary/aromatic N) is 2. The monoisotopic (exact) mass is 506 g/mol. The minimum Gasteiger partial charge on any atom is -0.381 e. The lowest BCUT2D eigenvalue weighted by Crippen LogP contribution is -2.34. The number of halogens is 3. The summed E-state index contributed by atoms with van der Waals surface area (Å²) in [6, 6.07) is 4.78. The van der Waals surface area contributed by atoms with Crippen LogP contribution in [-0.4, -0.2) is 54.8 Å². The zero-order chi connectivity index (χ0) is 26.0. The summed E-state index contributed by atoms with van der Waals surface area (Å²) < 4.78 is 47.2. The molecule has 0 aliphatic carbocycles. The van der Waals surface area contributed by atoms with Gasteiger partial charge in [-0.05, 0) is 63.9 Å². The number of likely N-dealkylation sites (N-methyl/N-ethyl adjacent to an activating group) is 1. The van der Waals surface area contributed by atoms with Gasteiger partial charge < -0.3 is 24.8 Å². The number of rotatable bonds is 6. The molecule has 2 N–H and O–H groups in total. The summed E-state index contributed by atoms with van der Waals surface area (Å²) in [7, 11) is 2.01. The van der Waals surface area contributed by atoms with Crippen LogP contribution in [0.25, 0.3) is 0 Å². The first kappa shape index (κ1) is 26.2. The van der Waals surface area contributed by atoms with Crippen molar-refractivity contribution in [2.24, 2.45) is 0 Å². The van der Waals surface area contributed by atoms with E-state index in [-0.39, 0.29) is 23.2 Å². The Morgan fingerprint density at radius 3 is 2.56 bits per heavy atom. The first-order valence-electron chi connectivity index (χ1n) is 12.3. The molecule has 36 heavy (non-hydrogen) atoms. The van der Waals surface area contributed by atoms with Crippen molar-refractivity contribution in [3.63, 3.8) is 0 Å². The topological polar surface area (TPSA) is 75.6 Å².